The maximum absolute atomic E-state index is 6.14. The normalized spacial score (nSPS) is 12.2. The average Bonchev–Trinajstić information content (AvgIpc) is 2.42. The molecule has 0 heterocycles. The van der Waals surface area contributed by atoms with Crippen molar-refractivity contribution < 1.29 is 4.74 Å². The summed E-state index contributed by atoms with van der Waals surface area (Å²) in [6.07, 6.45) is -0.254. The van der Waals surface area contributed by atoms with E-state index in [0.29, 0.717) is 22.3 Å². The molecular weight excluding hydrogens is 349 g/mol. The molecule has 0 aliphatic heterocycles. The van der Waals surface area contributed by atoms with Gasteiger partial charge in [-0.15, -0.1) is 0 Å². The standard InChI is InChI=1S/C14H12BrCl2NO/c15-10-6-12(17)13(7-11(10)16)19-14(8-18)9-4-2-1-3-5-9/h1-7,14H,8,18H2. The van der Waals surface area contributed by atoms with Gasteiger partial charge in [-0.3, -0.25) is 0 Å². The molecule has 0 saturated carbocycles. The van der Waals surface area contributed by atoms with Gasteiger partial charge < -0.3 is 10.5 Å². The number of hydrogen-bond acceptors (Lipinski definition) is 2. The van der Waals surface area contributed by atoms with E-state index in [2.05, 4.69) is 15.9 Å². The third-order valence-corrected chi connectivity index (χ3v) is 4.12. The number of hydrogen-bond donors (Lipinski definition) is 1. The lowest BCUT2D eigenvalue weighted by Crippen LogP contribution is -2.18. The fourth-order valence-corrected chi connectivity index (χ4v) is 2.50. The van der Waals surface area contributed by atoms with Crippen molar-refractivity contribution in [1.29, 1.82) is 0 Å². The molecule has 100 valence electrons. The monoisotopic (exact) mass is 359 g/mol. The highest BCUT2D eigenvalue weighted by atomic mass is 79.9. The number of rotatable bonds is 4. The Bertz CT molecular complexity index is 563. The predicted molar refractivity (Wildman–Crippen MR) is 83.0 cm³/mol. The molecule has 0 aliphatic rings. The lowest BCUT2D eigenvalue weighted by Gasteiger charge is -2.19. The summed E-state index contributed by atoms with van der Waals surface area (Å²) < 4.78 is 6.59. The van der Waals surface area contributed by atoms with Crippen LogP contribution in [0, 0.1) is 0 Å². The molecule has 1 atom stereocenters. The highest BCUT2D eigenvalue weighted by Crippen LogP contribution is 2.36. The number of halogens is 3. The van der Waals surface area contributed by atoms with Crippen molar-refractivity contribution in [1.82, 2.24) is 0 Å². The quantitative estimate of drug-likeness (QED) is 0.792. The molecule has 2 aromatic carbocycles. The van der Waals surface area contributed by atoms with Crippen LogP contribution in [0.15, 0.2) is 46.9 Å². The van der Waals surface area contributed by atoms with Crippen LogP contribution in [0.1, 0.15) is 11.7 Å². The summed E-state index contributed by atoms with van der Waals surface area (Å²) in [5.74, 6) is 0.522. The molecule has 0 spiro atoms. The van der Waals surface area contributed by atoms with E-state index in [1.807, 2.05) is 30.3 Å². The molecule has 2 N–H and O–H groups in total. The molecular formula is C14H12BrCl2NO. The SMILES string of the molecule is NCC(Oc1cc(Cl)c(Br)cc1Cl)c1ccccc1. The summed E-state index contributed by atoms with van der Waals surface area (Å²) in [5.41, 5.74) is 6.76. The van der Waals surface area contributed by atoms with E-state index in [1.54, 1.807) is 12.1 Å². The van der Waals surface area contributed by atoms with Gasteiger partial charge in [-0.05, 0) is 27.6 Å². The van der Waals surface area contributed by atoms with E-state index in [-0.39, 0.29) is 6.10 Å². The van der Waals surface area contributed by atoms with Crippen molar-refractivity contribution in [2.75, 3.05) is 6.54 Å². The molecule has 2 aromatic rings. The van der Waals surface area contributed by atoms with Gasteiger partial charge in [0.05, 0.1) is 10.0 Å². The van der Waals surface area contributed by atoms with E-state index in [0.717, 1.165) is 10.0 Å². The second-order valence-corrected chi connectivity index (χ2v) is 5.62. The maximum Gasteiger partial charge on any atom is 0.140 e. The number of nitrogens with two attached hydrogens (primary N) is 1. The molecule has 0 radical (unpaired) electrons. The van der Waals surface area contributed by atoms with Gasteiger partial charge in [0.1, 0.15) is 11.9 Å². The lowest BCUT2D eigenvalue weighted by molar-refractivity contribution is 0.214. The summed E-state index contributed by atoms with van der Waals surface area (Å²) in [6.45, 7) is 0.355. The van der Waals surface area contributed by atoms with Crippen LogP contribution in [-0.4, -0.2) is 6.54 Å². The van der Waals surface area contributed by atoms with Crippen LogP contribution in [0.2, 0.25) is 10.0 Å². The highest BCUT2D eigenvalue weighted by molar-refractivity contribution is 9.10. The molecule has 0 aliphatic carbocycles. The Morgan fingerprint density at radius 1 is 1.11 bits per heavy atom. The van der Waals surface area contributed by atoms with Crippen LogP contribution < -0.4 is 10.5 Å². The van der Waals surface area contributed by atoms with Crippen LogP contribution in [-0.2, 0) is 0 Å². The van der Waals surface area contributed by atoms with Gasteiger partial charge in [0, 0.05) is 17.1 Å². The van der Waals surface area contributed by atoms with Gasteiger partial charge in [0.15, 0.2) is 0 Å². The Balaban J connectivity index is 2.26. The Morgan fingerprint density at radius 2 is 1.79 bits per heavy atom. The zero-order chi connectivity index (χ0) is 13.8. The minimum atomic E-state index is -0.254. The fraction of sp³-hybridized carbons (Fsp3) is 0.143. The van der Waals surface area contributed by atoms with Gasteiger partial charge in [0.25, 0.3) is 0 Å². The Labute approximate surface area is 130 Å². The molecule has 2 rings (SSSR count). The molecule has 0 aromatic heterocycles. The van der Waals surface area contributed by atoms with Crippen LogP contribution in [0.25, 0.3) is 0 Å². The lowest BCUT2D eigenvalue weighted by atomic mass is 10.1. The van der Waals surface area contributed by atoms with Crippen molar-refractivity contribution in [2.45, 2.75) is 6.10 Å². The van der Waals surface area contributed by atoms with Crippen LogP contribution in [0.3, 0.4) is 0 Å². The summed E-state index contributed by atoms with van der Waals surface area (Å²) in [4.78, 5) is 0. The van der Waals surface area contributed by atoms with Crippen molar-refractivity contribution in [3.05, 3.63) is 62.5 Å². The Hall–Kier alpha value is -0.740. The second kappa shape index (κ2) is 6.62. The highest BCUT2D eigenvalue weighted by Gasteiger charge is 2.14. The van der Waals surface area contributed by atoms with Crippen LogP contribution >= 0.6 is 39.1 Å². The molecule has 0 fully saturated rings. The van der Waals surface area contributed by atoms with Crippen molar-refractivity contribution in [3.8, 4) is 5.75 Å². The Morgan fingerprint density at radius 3 is 2.42 bits per heavy atom. The third-order valence-electron chi connectivity index (χ3n) is 2.63. The first-order chi connectivity index (χ1) is 9.11. The maximum atomic E-state index is 6.14. The van der Waals surface area contributed by atoms with E-state index >= 15 is 0 Å². The first-order valence-corrected chi connectivity index (χ1v) is 7.23. The van der Waals surface area contributed by atoms with E-state index in [1.165, 1.54) is 0 Å². The molecule has 0 saturated heterocycles. The third kappa shape index (κ3) is 3.63. The van der Waals surface area contributed by atoms with Crippen molar-refractivity contribution >= 4 is 39.1 Å². The predicted octanol–water partition coefficient (Wildman–Crippen LogP) is 4.83. The van der Waals surface area contributed by atoms with Crippen LogP contribution in [0.5, 0.6) is 5.75 Å². The molecule has 0 bridgehead atoms. The first-order valence-electron chi connectivity index (χ1n) is 5.68. The largest absolute Gasteiger partial charge is 0.483 e. The van der Waals surface area contributed by atoms with Crippen LogP contribution in [0.4, 0.5) is 0 Å². The van der Waals surface area contributed by atoms with E-state index in [4.69, 9.17) is 33.7 Å². The van der Waals surface area contributed by atoms with Crippen molar-refractivity contribution in [2.24, 2.45) is 5.73 Å². The molecule has 5 heteroatoms. The smallest absolute Gasteiger partial charge is 0.140 e. The summed E-state index contributed by atoms with van der Waals surface area (Å²) in [6, 6.07) is 13.1. The molecule has 1 unspecified atom stereocenters. The van der Waals surface area contributed by atoms with Crippen molar-refractivity contribution in [3.63, 3.8) is 0 Å². The van der Waals surface area contributed by atoms with Gasteiger partial charge in [-0.25, -0.2) is 0 Å². The minimum absolute atomic E-state index is 0.254. The molecule has 19 heavy (non-hydrogen) atoms. The zero-order valence-electron chi connectivity index (χ0n) is 9.95. The molecule has 0 amide bonds. The van der Waals surface area contributed by atoms with E-state index < -0.39 is 0 Å². The summed E-state index contributed by atoms with van der Waals surface area (Å²) in [7, 11) is 0. The van der Waals surface area contributed by atoms with Gasteiger partial charge in [-0.1, -0.05) is 53.5 Å². The second-order valence-electron chi connectivity index (χ2n) is 3.95. The number of benzene rings is 2. The fourth-order valence-electron chi connectivity index (χ4n) is 1.67. The van der Waals surface area contributed by atoms with Gasteiger partial charge >= 0.3 is 0 Å². The zero-order valence-corrected chi connectivity index (χ0v) is 13.0. The topological polar surface area (TPSA) is 35.2 Å². The van der Waals surface area contributed by atoms with Gasteiger partial charge in [0.2, 0.25) is 0 Å². The van der Waals surface area contributed by atoms with Gasteiger partial charge in [-0.2, -0.15) is 0 Å². The Kier molecular flexibility index (Phi) is 5.11. The number of ether oxygens (including phenoxy) is 1. The average molecular weight is 361 g/mol. The summed E-state index contributed by atoms with van der Waals surface area (Å²) >= 11 is 15.5. The minimum Gasteiger partial charge on any atom is -0.483 e. The van der Waals surface area contributed by atoms with E-state index in [9.17, 15) is 0 Å². The summed E-state index contributed by atoms with van der Waals surface area (Å²) in [5, 5.41) is 1.04. The first kappa shape index (κ1) is 14.7. The molecule has 2 nitrogen and oxygen atoms in total.